The number of rotatable bonds is 8. The summed E-state index contributed by atoms with van der Waals surface area (Å²) in [6.07, 6.45) is 5.00. The Hall–Kier alpha value is -4.72. The highest BCUT2D eigenvalue weighted by Gasteiger charge is 2.24. The molecule has 1 aliphatic rings. The van der Waals surface area contributed by atoms with Crippen LogP contribution in [0.5, 0.6) is 0 Å². The van der Waals surface area contributed by atoms with Gasteiger partial charge in [-0.2, -0.15) is 5.10 Å². The number of aryl methyl sites for hydroxylation is 1. The topological polar surface area (TPSA) is 109 Å². The fourth-order valence-corrected chi connectivity index (χ4v) is 5.39. The maximum atomic E-state index is 13.5. The molecule has 5 rings (SSSR count). The summed E-state index contributed by atoms with van der Waals surface area (Å²) < 4.78 is 1.70. The lowest BCUT2D eigenvalue weighted by Crippen LogP contribution is -2.30. The van der Waals surface area contributed by atoms with Gasteiger partial charge in [-0.25, -0.2) is 0 Å². The number of fused-ring (bicyclic) bond motifs is 1. The lowest BCUT2D eigenvalue weighted by atomic mass is 9.88. The van der Waals surface area contributed by atoms with E-state index in [1.807, 2.05) is 37.3 Å². The van der Waals surface area contributed by atoms with Gasteiger partial charge in [0.25, 0.3) is 11.5 Å². The van der Waals surface area contributed by atoms with Crippen molar-refractivity contribution in [2.75, 3.05) is 5.32 Å². The van der Waals surface area contributed by atoms with Crippen molar-refractivity contribution in [1.82, 2.24) is 20.1 Å². The molecular weight excluding hydrogens is 502 g/mol. The molecule has 3 N–H and O–H groups in total. The Morgan fingerprint density at radius 1 is 1.00 bits per heavy atom. The third-order valence-corrected chi connectivity index (χ3v) is 7.54. The number of amides is 2. The van der Waals surface area contributed by atoms with E-state index in [-0.39, 0.29) is 23.5 Å². The maximum Gasteiger partial charge on any atom is 0.257 e. The molecule has 0 fully saturated rings. The molecule has 40 heavy (non-hydrogen) atoms. The minimum absolute atomic E-state index is 0.0944. The van der Waals surface area contributed by atoms with Gasteiger partial charge in [-0.05, 0) is 73.4 Å². The number of aromatic nitrogens is 3. The molecule has 0 radical (unpaired) electrons. The number of nitrogens with one attached hydrogen (secondary N) is 3. The Balaban J connectivity index is 1.40. The molecule has 0 saturated carbocycles. The van der Waals surface area contributed by atoms with Gasteiger partial charge in [-0.3, -0.25) is 19.1 Å². The molecule has 8 nitrogen and oxygen atoms in total. The van der Waals surface area contributed by atoms with Gasteiger partial charge in [-0.1, -0.05) is 61.2 Å². The average Bonchev–Trinajstić information content (AvgIpc) is 3.27. The van der Waals surface area contributed by atoms with Crippen molar-refractivity contribution in [1.29, 1.82) is 0 Å². The number of anilines is 1. The van der Waals surface area contributed by atoms with Crippen molar-refractivity contribution in [3.63, 3.8) is 0 Å². The van der Waals surface area contributed by atoms with Crippen LogP contribution in [0.3, 0.4) is 0 Å². The predicted molar refractivity (Wildman–Crippen MR) is 156 cm³/mol. The van der Waals surface area contributed by atoms with Crippen LogP contribution in [-0.4, -0.2) is 26.6 Å². The summed E-state index contributed by atoms with van der Waals surface area (Å²) in [4.78, 5) is 41.4. The molecule has 1 aliphatic carbocycles. The molecule has 0 spiro atoms. The molecule has 2 amide bonds. The highest BCUT2D eigenvalue weighted by atomic mass is 16.2. The number of hydrogen-bond acceptors (Lipinski definition) is 4. The van der Waals surface area contributed by atoms with Crippen LogP contribution in [0.15, 0.2) is 72.0 Å². The number of benzene rings is 2. The molecule has 0 bridgehead atoms. The van der Waals surface area contributed by atoms with Crippen LogP contribution in [0.25, 0.3) is 11.1 Å². The SMILES string of the molecule is C=CC(=O)Nc1nn(Cc2ccc(-c3ccccc3)cc2)c(C)c1C(=O)NCc1c2c(c(C)[nH]c1=O)CCCC2. The van der Waals surface area contributed by atoms with Crippen LogP contribution in [0.4, 0.5) is 5.82 Å². The smallest absolute Gasteiger partial charge is 0.257 e. The zero-order valence-corrected chi connectivity index (χ0v) is 22.8. The van der Waals surface area contributed by atoms with Crippen molar-refractivity contribution in [2.24, 2.45) is 0 Å². The number of H-pyrrole nitrogens is 1. The summed E-state index contributed by atoms with van der Waals surface area (Å²) in [5.41, 5.74) is 7.63. The molecule has 0 atom stereocenters. The zero-order chi connectivity index (χ0) is 28.2. The molecule has 2 aromatic heterocycles. The van der Waals surface area contributed by atoms with Gasteiger partial charge in [0.1, 0.15) is 5.56 Å². The quantitative estimate of drug-likeness (QED) is 0.281. The van der Waals surface area contributed by atoms with Gasteiger partial charge in [0.05, 0.1) is 12.2 Å². The minimum atomic E-state index is -0.463. The molecular formula is C32H33N5O3. The second-order valence-electron chi connectivity index (χ2n) is 10.1. The number of nitrogens with zero attached hydrogens (tertiary/aromatic N) is 2. The average molecular weight is 536 g/mol. The predicted octanol–water partition coefficient (Wildman–Crippen LogP) is 4.84. The fourth-order valence-electron chi connectivity index (χ4n) is 5.39. The summed E-state index contributed by atoms with van der Waals surface area (Å²) in [6, 6.07) is 18.3. The second-order valence-corrected chi connectivity index (χ2v) is 10.1. The van der Waals surface area contributed by atoms with Gasteiger partial charge in [0.2, 0.25) is 5.91 Å². The van der Waals surface area contributed by atoms with Crippen LogP contribution in [0.2, 0.25) is 0 Å². The van der Waals surface area contributed by atoms with Crippen LogP contribution in [0, 0.1) is 13.8 Å². The van der Waals surface area contributed by atoms with Crippen molar-refractivity contribution < 1.29 is 9.59 Å². The van der Waals surface area contributed by atoms with E-state index in [9.17, 15) is 14.4 Å². The van der Waals surface area contributed by atoms with Crippen LogP contribution >= 0.6 is 0 Å². The Kier molecular flexibility index (Phi) is 7.77. The molecule has 2 aromatic carbocycles. The molecule has 2 heterocycles. The Bertz CT molecular complexity index is 1630. The van der Waals surface area contributed by atoms with Crippen LogP contribution in [-0.2, 0) is 30.7 Å². The Labute approximate surface area is 233 Å². The molecule has 204 valence electrons. The third kappa shape index (κ3) is 5.52. The van der Waals surface area contributed by atoms with Crippen LogP contribution < -0.4 is 16.2 Å². The van der Waals surface area contributed by atoms with Gasteiger partial charge < -0.3 is 15.6 Å². The highest BCUT2D eigenvalue weighted by molar-refractivity contribution is 6.06. The minimum Gasteiger partial charge on any atom is -0.348 e. The van der Waals surface area contributed by atoms with Crippen molar-refractivity contribution in [2.45, 2.75) is 52.6 Å². The standard InChI is InChI=1S/C32H33N5O3/c1-4-28(38)35-30-29(32(40)33-18-27-26-13-9-8-12-25(26)20(2)34-31(27)39)21(3)37(36-30)19-22-14-16-24(17-15-22)23-10-6-5-7-11-23/h4-7,10-11,14-17H,1,8-9,12-13,18-19H2,2-3H3,(H,33,40)(H,34,39)(H,35,36,38). The van der Waals surface area contributed by atoms with Gasteiger partial charge in [-0.15, -0.1) is 0 Å². The second kappa shape index (κ2) is 11.6. The van der Waals surface area contributed by atoms with E-state index in [4.69, 9.17) is 0 Å². The van der Waals surface area contributed by atoms with E-state index in [0.29, 0.717) is 17.8 Å². The zero-order valence-electron chi connectivity index (χ0n) is 22.8. The van der Waals surface area contributed by atoms with E-state index in [1.54, 1.807) is 11.6 Å². The summed E-state index contributed by atoms with van der Waals surface area (Å²) in [6.45, 7) is 7.74. The first-order valence-electron chi connectivity index (χ1n) is 13.5. The van der Waals surface area contributed by atoms with E-state index in [0.717, 1.165) is 59.7 Å². The normalized spacial score (nSPS) is 12.4. The first kappa shape index (κ1) is 26.9. The number of pyridine rings is 1. The molecule has 0 unspecified atom stereocenters. The van der Waals surface area contributed by atoms with Crippen molar-refractivity contribution >= 4 is 17.6 Å². The highest BCUT2D eigenvalue weighted by Crippen LogP contribution is 2.26. The Morgan fingerprint density at radius 2 is 1.68 bits per heavy atom. The largest absolute Gasteiger partial charge is 0.348 e. The van der Waals surface area contributed by atoms with Crippen molar-refractivity contribution in [3.8, 4) is 11.1 Å². The summed E-state index contributed by atoms with van der Waals surface area (Å²) in [5, 5.41) is 10.1. The van der Waals surface area contributed by atoms with E-state index >= 15 is 0 Å². The first-order chi connectivity index (χ1) is 19.4. The number of carbonyl (C=O) groups excluding carboxylic acids is 2. The van der Waals surface area contributed by atoms with E-state index < -0.39 is 11.8 Å². The number of carbonyl (C=O) groups is 2. The third-order valence-electron chi connectivity index (χ3n) is 7.54. The van der Waals surface area contributed by atoms with E-state index in [1.165, 1.54) is 5.56 Å². The van der Waals surface area contributed by atoms with Crippen LogP contribution in [0.1, 0.15) is 56.8 Å². The number of hydrogen-bond donors (Lipinski definition) is 3. The molecule has 0 aliphatic heterocycles. The monoisotopic (exact) mass is 535 g/mol. The van der Waals surface area contributed by atoms with Gasteiger partial charge in [0.15, 0.2) is 5.82 Å². The van der Waals surface area contributed by atoms with Gasteiger partial charge in [0, 0.05) is 17.8 Å². The molecule has 0 saturated heterocycles. The summed E-state index contributed by atoms with van der Waals surface area (Å²) in [7, 11) is 0. The van der Waals surface area contributed by atoms with Gasteiger partial charge >= 0.3 is 0 Å². The Morgan fingerprint density at radius 3 is 2.38 bits per heavy atom. The summed E-state index contributed by atoms with van der Waals surface area (Å²) in [5.74, 6) is -0.720. The lowest BCUT2D eigenvalue weighted by Gasteiger charge is -2.21. The molecule has 4 aromatic rings. The van der Waals surface area contributed by atoms with E-state index in [2.05, 4.69) is 51.6 Å². The maximum absolute atomic E-state index is 13.5. The first-order valence-corrected chi connectivity index (χ1v) is 13.5. The summed E-state index contributed by atoms with van der Waals surface area (Å²) >= 11 is 0. The number of aromatic amines is 1. The van der Waals surface area contributed by atoms with Crippen molar-refractivity contribution in [3.05, 3.63) is 117 Å². The molecule has 8 heteroatoms. The lowest BCUT2D eigenvalue weighted by molar-refractivity contribution is -0.111. The fraction of sp³-hybridized carbons (Fsp3) is 0.250.